The van der Waals surface area contributed by atoms with Gasteiger partial charge in [-0.05, 0) is 0 Å². The zero-order valence-corrected chi connectivity index (χ0v) is 7.82. The van der Waals surface area contributed by atoms with Gasteiger partial charge in [-0.2, -0.15) is 43.7 Å². The third-order valence-electron chi connectivity index (χ3n) is 1.39. The third-order valence-corrected chi connectivity index (χ3v) is 1.77. The molecule has 0 heterocycles. The van der Waals surface area contributed by atoms with Gasteiger partial charge in [-0.25, -0.2) is 4.18 Å². The highest BCUT2D eigenvalue weighted by atomic mass is 32.2. The Hall–Kier alpha value is -0.590. The van der Waals surface area contributed by atoms with Crippen molar-refractivity contribution in [3.8, 4) is 0 Å². The molecule has 2 nitrogen and oxygen atoms in total. The van der Waals surface area contributed by atoms with Gasteiger partial charge in [0.2, 0.25) is 0 Å². The molecule has 104 valence electrons. The lowest BCUT2D eigenvalue weighted by Crippen LogP contribution is -2.67. The average Bonchev–Trinajstić information content (AvgIpc) is 1.91. The highest BCUT2D eigenvalue weighted by Gasteiger charge is 2.86. The monoisotopic (exact) mass is 302 g/mol. The lowest BCUT2D eigenvalue weighted by molar-refractivity contribution is -0.436. The Bertz CT molecular complexity index is 263. The molecule has 0 rings (SSSR count). The van der Waals surface area contributed by atoms with Gasteiger partial charge in [0.25, 0.3) is 0 Å². The van der Waals surface area contributed by atoms with E-state index in [1.807, 2.05) is 4.18 Å². The van der Waals surface area contributed by atoms with Crippen LogP contribution < -0.4 is 0 Å². The molecule has 0 spiro atoms. The fourth-order valence-corrected chi connectivity index (χ4v) is 1.20. The van der Waals surface area contributed by atoms with Crippen LogP contribution in [0.1, 0.15) is 0 Å². The zero-order valence-electron chi connectivity index (χ0n) is 7.00. The molecule has 13 heteroatoms. The second-order valence-electron chi connectivity index (χ2n) is 2.45. The number of rotatable bonds is 2. The minimum absolute atomic E-state index is 1.96. The molecular formula is C4F10O2S. The van der Waals surface area contributed by atoms with Crippen LogP contribution in [-0.2, 0) is 15.6 Å². The van der Waals surface area contributed by atoms with Gasteiger partial charge in [0.05, 0.1) is 0 Å². The summed E-state index contributed by atoms with van der Waals surface area (Å²) in [6.07, 6.45) is -21.3. The van der Waals surface area contributed by atoms with Crippen molar-refractivity contribution in [2.24, 2.45) is 0 Å². The van der Waals surface area contributed by atoms with E-state index in [0.29, 0.717) is 0 Å². The first-order chi connectivity index (χ1) is 7.17. The molecule has 0 saturated heterocycles. The largest absolute Gasteiger partial charge is 0.437 e. The summed E-state index contributed by atoms with van der Waals surface area (Å²) in [5.41, 5.74) is -6.84. The van der Waals surface area contributed by atoms with Crippen molar-refractivity contribution in [3.05, 3.63) is 0 Å². The molecule has 0 aliphatic rings. The Balaban J connectivity index is 6.02. The summed E-state index contributed by atoms with van der Waals surface area (Å²) in [4.78, 5) is 0. The van der Waals surface area contributed by atoms with Gasteiger partial charge in [0, 0.05) is 0 Å². The predicted molar refractivity (Wildman–Crippen MR) is 31.2 cm³/mol. The molecule has 0 aromatic rings. The molecular weight excluding hydrogens is 302 g/mol. The van der Waals surface area contributed by atoms with Crippen molar-refractivity contribution in [1.29, 1.82) is 0 Å². The number of hydrogen-bond acceptors (Lipinski definition) is 2. The van der Waals surface area contributed by atoms with Crippen LogP contribution in [0.4, 0.5) is 43.4 Å². The number of alkyl halides is 9. The predicted octanol–water partition coefficient (Wildman–Crippen LogP) is 2.98. The van der Waals surface area contributed by atoms with Gasteiger partial charge in [0.15, 0.2) is 0 Å². The topological polar surface area (TPSA) is 26.3 Å². The van der Waals surface area contributed by atoms with Crippen molar-refractivity contribution in [3.63, 3.8) is 0 Å². The third kappa shape index (κ3) is 2.81. The van der Waals surface area contributed by atoms with Crippen molar-refractivity contribution in [2.45, 2.75) is 24.1 Å². The quantitative estimate of drug-likeness (QED) is 0.579. The molecule has 0 aliphatic carbocycles. The molecule has 0 aromatic heterocycles. The van der Waals surface area contributed by atoms with E-state index in [1.165, 1.54) is 0 Å². The SMILES string of the molecule is O=S(F)OC(C(F)(F)F)(C(F)(F)F)C(F)(F)F. The fraction of sp³-hybridized carbons (Fsp3) is 1.00. The Morgan fingerprint density at radius 3 is 1.00 bits per heavy atom. The van der Waals surface area contributed by atoms with Crippen molar-refractivity contribution >= 4 is 11.5 Å². The Kier molecular flexibility index (Phi) is 4.11. The van der Waals surface area contributed by atoms with Gasteiger partial charge in [-0.3, -0.25) is 0 Å². The van der Waals surface area contributed by atoms with Crippen molar-refractivity contribution in [1.82, 2.24) is 0 Å². The van der Waals surface area contributed by atoms with E-state index in [4.69, 9.17) is 0 Å². The van der Waals surface area contributed by atoms with E-state index in [9.17, 15) is 47.6 Å². The van der Waals surface area contributed by atoms with Gasteiger partial charge < -0.3 is 0 Å². The smallest absolute Gasteiger partial charge is 0.230 e. The lowest BCUT2D eigenvalue weighted by atomic mass is 10.0. The molecule has 0 amide bonds. The maximum atomic E-state index is 11.9. The molecule has 0 fully saturated rings. The summed E-state index contributed by atoms with van der Waals surface area (Å²) < 4.78 is 130. The molecule has 0 N–H and O–H groups in total. The Labute approximate surface area is 88.5 Å². The van der Waals surface area contributed by atoms with Gasteiger partial charge in [0.1, 0.15) is 0 Å². The minimum atomic E-state index is -7.09. The summed E-state index contributed by atoms with van der Waals surface area (Å²) in [6.45, 7) is 0. The van der Waals surface area contributed by atoms with E-state index >= 15 is 0 Å². The van der Waals surface area contributed by atoms with Gasteiger partial charge in [-0.1, -0.05) is 0 Å². The van der Waals surface area contributed by atoms with Crippen LogP contribution in [0.5, 0.6) is 0 Å². The zero-order chi connectivity index (χ0) is 14.3. The number of halogens is 10. The first-order valence-electron chi connectivity index (χ1n) is 3.14. The maximum Gasteiger partial charge on any atom is 0.437 e. The van der Waals surface area contributed by atoms with E-state index in [-0.39, 0.29) is 0 Å². The van der Waals surface area contributed by atoms with Crippen LogP contribution in [0.15, 0.2) is 0 Å². The standard InChI is InChI=1S/C4F10O2S/c5-2(6,7)1(3(8,9)10,4(11,12)13)16-17(14)15. The van der Waals surface area contributed by atoms with Crippen LogP contribution in [0.2, 0.25) is 0 Å². The molecule has 1 atom stereocenters. The van der Waals surface area contributed by atoms with Crippen LogP contribution in [0.3, 0.4) is 0 Å². The Morgan fingerprint density at radius 2 is 0.941 bits per heavy atom. The molecule has 17 heavy (non-hydrogen) atoms. The lowest BCUT2D eigenvalue weighted by Gasteiger charge is -2.35. The maximum absolute atomic E-state index is 11.9. The van der Waals surface area contributed by atoms with Crippen LogP contribution in [0, 0.1) is 0 Å². The second-order valence-corrected chi connectivity index (χ2v) is 3.01. The van der Waals surface area contributed by atoms with Crippen molar-refractivity contribution in [2.75, 3.05) is 0 Å². The molecule has 0 bridgehead atoms. The molecule has 0 aliphatic heterocycles. The van der Waals surface area contributed by atoms with E-state index in [2.05, 4.69) is 0 Å². The normalized spacial score (nSPS) is 17.1. The summed E-state index contributed by atoms with van der Waals surface area (Å²) in [5, 5.41) is 0. The first-order valence-corrected chi connectivity index (χ1v) is 4.12. The van der Waals surface area contributed by atoms with Crippen molar-refractivity contribution < 1.29 is 51.8 Å². The summed E-state index contributed by atoms with van der Waals surface area (Å²) in [7, 11) is 0. The van der Waals surface area contributed by atoms with E-state index < -0.39 is 35.6 Å². The number of hydrogen-bond donors (Lipinski definition) is 0. The van der Waals surface area contributed by atoms with Crippen LogP contribution in [-0.4, -0.2) is 28.3 Å². The minimum Gasteiger partial charge on any atom is -0.230 e. The van der Waals surface area contributed by atoms with Gasteiger partial charge >= 0.3 is 35.6 Å². The highest BCUT2D eigenvalue weighted by molar-refractivity contribution is 7.74. The van der Waals surface area contributed by atoms with E-state index in [1.54, 1.807) is 0 Å². The van der Waals surface area contributed by atoms with E-state index in [0.717, 1.165) is 0 Å². The molecule has 0 radical (unpaired) electrons. The molecule has 1 unspecified atom stereocenters. The first kappa shape index (κ1) is 16.4. The summed E-state index contributed by atoms with van der Waals surface area (Å²) in [6, 6.07) is 0. The Morgan fingerprint density at radius 1 is 0.706 bits per heavy atom. The molecule has 0 saturated carbocycles. The van der Waals surface area contributed by atoms with Crippen LogP contribution in [0.25, 0.3) is 0 Å². The second kappa shape index (κ2) is 4.26. The highest BCUT2D eigenvalue weighted by Crippen LogP contribution is 2.55. The summed E-state index contributed by atoms with van der Waals surface area (Å²) >= 11 is -4.93. The van der Waals surface area contributed by atoms with Gasteiger partial charge in [-0.15, -0.1) is 3.89 Å². The summed E-state index contributed by atoms with van der Waals surface area (Å²) in [5.74, 6) is 0. The van der Waals surface area contributed by atoms with Crippen LogP contribution >= 0.6 is 0 Å². The molecule has 0 aromatic carbocycles. The average molecular weight is 302 g/mol. The fourth-order valence-electron chi connectivity index (χ4n) is 0.722.